The number of aliphatic hydroxyl groups excluding tert-OH is 1. The molecule has 0 aliphatic heterocycles. The summed E-state index contributed by atoms with van der Waals surface area (Å²) in [5.41, 5.74) is 0. The van der Waals surface area contributed by atoms with E-state index in [1.165, 1.54) is 0 Å². The van der Waals surface area contributed by atoms with Crippen LogP contribution in [0, 0.1) is 0 Å². The highest BCUT2D eigenvalue weighted by Gasteiger charge is 1.99. The lowest BCUT2D eigenvalue weighted by atomic mass is 10.4. The Balaban J connectivity index is 4.30. The maximum Gasteiger partial charge on any atom is 0.123 e. The second-order valence-corrected chi connectivity index (χ2v) is 2.63. The van der Waals surface area contributed by atoms with Crippen molar-refractivity contribution in [3.8, 4) is 0 Å². The van der Waals surface area contributed by atoms with Crippen molar-refractivity contribution in [3.05, 3.63) is 24.8 Å². The van der Waals surface area contributed by atoms with Gasteiger partial charge in [0.25, 0.3) is 0 Å². The number of aliphatic imine (C=N–C) groups is 1. The molecule has 0 rings (SSSR count). The maximum atomic E-state index is 8.74. The molecule has 0 spiro atoms. The van der Waals surface area contributed by atoms with E-state index in [0.717, 1.165) is 5.84 Å². The lowest BCUT2D eigenvalue weighted by molar-refractivity contribution is 0.264. The Hall–Kier alpha value is -1.09. The van der Waals surface area contributed by atoms with Crippen LogP contribution in [0.25, 0.3) is 0 Å². The first-order chi connectivity index (χ1) is 6.26. The summed E-state index contributed by atoms with van der Waals surface area (Å²) >= 11 is 0. The van der Waals surface area contributed by atoms with Gasteiger partial charge in [0.2, 0.25) is 0 Å². The molecule has 0 aliphatic rings. The standard InChI is InChI=1S/C10H18N2O/c1-4-6-10(11-7-5-2)12(3)8-9-13/h4-6,13H,2,7-9H2,1,3H3/b6-4-,11-10?. The van der Waals surface area contributed by atoms with Crippen molar-refractivity contribution >= 4 is 5.84 Å². The molecule has 13 heavy (non-hydrogen) atoms. The second kappa shape index (κ2) is 7.55. The molecule has 1 N–H and O–H groups in total. The topological polar surface area (TPSA) is 35.8 Å². The number of rotatable bonds is 5. The van der Waals surface area contributed by atoms with Gasteiger partial charge < -0.3 is 10.0 Å². The number of hydrogen-bond donors (Lipinski definition) is 1. The van der Waals surface area contributed by atoms with Crippen LogP contribution >= 0.6 is 0 Å². The normalized spacial score (nSPS) is 12.1. The van der Waals surface area contributed by atoms with Crippen LogP contribution in [-0.2, 0) is 0 Å². The molecule has 3 heteroatoms. The molecular formula is C10H18N2O. The summed E-state index contributed by atoms with van der Waals surface area (Å²) in [7, 11) is 1.90. The molecule has 0 fully saturated rings. The van der Waals surface area contributed by atoms with E-state index in [-0.39, 0.29) is 6.61 Å². The highest BCUT2D eigenvalue weighted by atomic mass is 16.3. The van der Waals surface area contributed by atoms with Gasteiger partial charge in [-0.3, -0.25) is 4.99 Å². The summed E-state index contributed by atoms with van der Waals surface area (Å²) in [6.07, 6.45) is 5.59. The molecule has 0 saturated carbocycles. The van der Waals surface area contributed by atoms with E-state index in [1.807, 2.05) is 31.0 Å². The van der Waals surface area contributed by atoms with Crippen molar-refractivity contribution in [2.24, 2.45) is 4.99 Å². The van der Waals surface area contributed by atoms with Gasteiger partial charge >= 0.3 is 0 Å². The van der Waals surface area contributed by atoms with Crippen LogP contribution in [0.5, 0.6) is 0 Å². The molecule has 74 valence electrons. The number of likely N-dealkylation sites (N-methyl/N-ethyl adjacent to an activating group) is 1. The number of allylic oxidation sites excluding steroid dienone is 1. The minimum atomic E-state index is 0.140. The fraction of sp³-hybridized carbons (Fsp3) is 0.500. The zero-order chi connectivity index (χ0) is 10.1. The first-order valence-corrected chi connectivity index (χ1v) is 4.36. The van der Waals surface area contributed by atoms with Crippen molar-refractivity contribution in [2.75, 3.05) is 26.7 Å². The maximum absolute atomic E-state index is 8.74. The monoisotopic (exact) mass is 182 g/mol. The Kier molecular flexibility index (Phi) is 6.92. The quantitative estimate of drug-likeness (QED) is 0.392. The van der Waals surface area contributed by atoms with Crippen molar-refractivity contribution in [1.29, 1.82) is 0 Å². The van der Waals surface area contributed by atoms with E-state index in [1.54, 1.807) is 6.08 Å². The lowest BCUT2D eigenvalue weighted by Crippen LogP contribution is -2.28. The van der Waals surface area contributed by atoms with E-state index in [4.69, 9.17) is 5.11 Å². The fourth-order valence-corrected chi connectivity index (χ4v) is 0.872. The zero-order valence-corrected chi connectivity index (χ0v) is 8.40. The van der Waals surface area contributed by atoms with Crippen LogP contribution in [-0.4, -0.2) is 42.6 Å². The highest BCUT2D eigenvalue weighted by molar-refractivity contribution is 5.92. The van der Waals surface area contributed by atoms with E-state index in [2.05, 4.69) is 11.6 Å². The summed E-state index contributed by atoms with van der Waals surface area (Å²) in [5.74, 6) is 0.872. The second-order valence-electron chi connectivity index (χ2n) is 2.63. The Morgan fingerprint density at radius 2 is 2.31 bits per heavy atom. The summed E-state index contributed by atoms with van der Waals surface area (Å²) in [4.78, 5) is 6.18. The molecule has 0 unspecified atom stereocenters. The minimum Gasteiger partial charge on any atom is -0.395 e. The third-order valence-electron chi connectivity index (χ3n) is 1.52. The average molecular weight is 182 g/mol. The van der Waals surface area contributed by atoms with Gasteiger partial charge in [-0.1, -0.05) is 12.2 Å². The summed E-state index contributed by atoms with van der Waals surface area (Å²) < 4.78 is 0. The molecule has 3 nitrogen and oxygen atoms in total. The molecule has 0 aromatic carbocycles. The Morgan fingerprint density at radius 1 is 1.62 bits per heavy atom. The van der Waals surface area contributed by atoms with E-state index in [9.17, 15) is 0 Å². The number of aliphatic hydroxyl groups is 1. The molecular weight excluding hydrogens is 164 g/mol. The largest absolute Gasteiger partial charge is 0.395 e. The smallest absolute Gasteiger partial charge is 0.123 e. The van der Waals surface area contributed by atoms with E-state index in [0.29, 0.717) is 13.1 Å². The van der Waals surface area contributed by atoms with E-state index >= 15 is 0 Å². The molecule has 0 aromatic rings. The van der Waals surface area contributed by atoms with Crippen LogP contribution < -0.4 is 0 Å². The third kappa shape index (κ3) is 5.20. The van der Waals surface area contributed by atoms with Gasteiger partial charge in [0, 0.05) is 13.6 Å². The van der Waals surface area contributed by atoms with Gasteiger partial charge in [-0.15, -0.1) is 6.58 Å². The molecule has 0 bridgehead atoms. The van der Waals surface area contributed by atoms with Gasteiger partial charge in [-0.2, -0.15) is 0 Å². The summed E-state index contributed by atoms with van der Waals surface area (Å²) in [6, 6.07) is 0. The van der Waals surface area contributed by atoms with Crippen molar-refractivity contribution in [3.63, 3.8) is 0 Å². The number of amidine groups is 1. The third-order valence-corrected chi connectivity index (χ3v) is 1.52. The van der Waals surface area contributed by atoms with Crippen LogP contribution in [0.1, 0.15) is 6.92 Å². The molecule has 0 aliphatic carbocycles. The zero-order valence-electron chi connectivity index (χ0n) is 8.40. The predicted molar refractivity (Wildman–Crippen MR) is 57.0 cm³/mol. The van der Waals surface area contributed by atoms with Crippen molar-refractivity contribution in [1.82, 2.24) is 4.90 Å². The van der Waals surface area contributed by atoms with Crippen molar-refractivity contribution in [2.45, 2.75) is 6.92 Å². The summed E-state index contributed by atoms with van der Waals surface area (Å²) in [5, 5.41) is 8.74. The first kappa shape index (κ1) is 11.9. The number of nitrogens with zero attached hydrogens (tertiary/aromatic N) is 2. The van der Waals surface area contributed by atoms with Gasteiger partial charge in [0.05, 0.1) is 13.2 Å². The SMILES string of the molecule is C=CCN=C(/C=C\C)N(C)CCO. The Labute approximate surface area is 80.1 Å². The average Bonchev–Trinajstić information content (AvgIpc) is 2.12. The fourth-order valence-electron chi connectivity index (χ4n) is 0.872. The predicted octanol–water partition coefficient (Wildman–Crippen LogP) is 1.07. The van der Waals surface area contributed by atoms with Crippen LogP contribution in [0.3, 0.4) is 0 Å². The Bertz CT molecular complexity index is 197. The molecule has 0 atom stereocenters. The molecule has 0 aromatic heterocycles. The van der Waals surface area contributed by atoms with Crippen molar-refractivity contribution < 1.29 is 5.11 Å². The molecule has 0 amide bonds. The molecule has 0 saturated heterocycles. The van der Waals surface area contributed by atoms with Gasteiger partial charge in [0.15, 0.2) is 0 Å². The molecule has 0 heterocycles. The van der Waals surface area contributed by atoms with Crippen LogP contribution in [0.15, 0.2) is 29.8 Å². The lowest BCUT2D eigenvalue weighted by Gasteiger charge is -2.17. The molecule has 0 radical (unpaired) electrons. The van der Waals surface area contributed by atoms with Gasteiger partial charge in [0.1, 0.15) is 5.84 Å². The minimum absolute atomic E-state index is 0.140. The van der Waals surface area contributed by atoms with Gasteiger partial charge in [-0.25, -0.2) is 0 Å². The Morgan fingerprint density at radius 3 is 2.77 bits per heavy atom. The van der Waals surface area contributed by atoms with Crippen LogP contribution in [0.4, 0.5) is 0 Å². The van der Waals surface area contributed by atoms with E-state index < -0.39 is 0 Å². The first-order valence-electron chi connectivity index (χ1n) is 4.36. The highest BCUT2D eigenvalue weighted by Crippen LogP contribution is 1.91. The van der Waals surface area contributed by atoms with Crippen LogP contribution in [0.2, 0.25) is 0 Å². The van der Waals surface area contributed by atoms with Gasteiger partial charge in [-0.05, 0) is 13.0 Å². The number of hydrogen-bond acceptors (Lipinski definition) is 2. The summed E-state index contributed by atoms with van der Waals surface area (Å²) in [6.45, 7) is 6.88.